The van der Waals surface area contributed by atoms with E-state index in [4.69, 9.17) is 4.74 Å². The fourth-order valence-electron chi connectivity index (χ4n) is 1.47. The van der Waals surface area contributed by atoms with E-state index in [1.807, 2.05) is 0 Å². The molecule has 1 aromatic carbocycles. The summed E-state index contributed by atoms with van der Waals surface area (Å²) in [7, 11) is 0. The second-order valence-electron chi connectivity index (χ2n) is 4.21. The highest BCUT2D eigenvalue weighted by atomic mass is 19.4. The molecular formula is C13H13F3O2. The number of ether oxygens (including phenoxy) is 2. The molecule has 18 heavy (non-hydrogen) atoms. The van der Waals surface area contributed by atoms with Crippen LogP contribution in [0.15, 0.2) is 24.8 Å². The van der Waals surface area contributed by atoms with Crippen LogP contribution in [-0.2, 0) is 0 Å². The van der Waals surface area contributed by atoms with Crippen molar-refractivity contribution in [1.82, 2.24) is 0 Å². The van der Waals surface area contributed by atoms with E-state index in [-0.39, 0.29) is 11.5 Å². The van der Waals surface area contributed by atoms with Gasteiger partial charge < -0.3 is 9.47 Å². The highest BCUT2D eigenvalue weighted by Gasteiger charge is 2.33. The van der Waals surface area contributed by atoms with Crippen molar-refractivity contribution in [2.24, 2.45) is 5.92 Å². The Hall–Kier alpha value is -1.65. The molecule has 1 aliphatic rings. The van der Waals surface area contributed by atoms with E-state index in [9.17, 15) is 13.2 Å². The van der Waals surface area contributed by atoms with E-state index in [0.29, 0.717) is 18.1 Å². The third-order valence-corrected chi connectivity index (χ3v) is 2.60. The smallest absolute Gasteiger partial charge is 0.489 e. The Bertz CT molecular complexity index is 436. The Morgan fingerprint density at radius 2 is 2.00 bits per heavy atom. The van der Waals surface area contributed by atoms with E-state index >= 15 is 0 Å². The summed E-state index contributed by atoms with van der Waals surface area (Å²) in [6, 6.07) is 4.38. The summed E-state index contributed by atoms with van der Waals surface area (Å²) < 4.78 is 46.1. The maximum absolute atomic E-state index is 12.3. The van der Waals surface area contributed by atoms with Gasteiger partial charge in [0.1, 0.15) is 0 Å². The lowest BCUT2D eigenvalue weighted by molar-refractivity contribution is -0.275. The van der Waals surface area contributed by atoms with Crippen LogP contribution >= 0.6 is 0 Å². The number of alkyl halides is 3. The molecule has 0 saturated heterocycles. The first-order chi connectivity index (χ1) is 8.48. The molecule has 98 valence electrons. The molecule has 0 N–H and O–H groups in total. The van der Waals surface area contributed by atoms with E-state index in [1.54, 1.807) is 6.07 Å². The summed E-state index contributed by atoms with van der Waals surface area (Å²) in [4.78, 5) is 0. The van der Waals surface area contributed by atoms with E-state index in [2.05, 4.69) is 11.3 Å². The molecule has 0 atom stereocenters. The summed E-state index contributed by atoms with van der Waals surface area (Å²) in [5.41, 5.74) is 0.549. The lowest BCUT2D eigenvalue weighted by Crippen LogP contribution is -2.18. The molecule has 0 heterocycles. The van der Waals surface area contributed by atoms with Crippen LogP contribution in [0, 0.1) is 5.92 Å². The number of halogens is 3. The molecule has 0 radical (unpaired) electrons. The Morgan fingerprint density at radius 1 is 1.28 bits per heavy atom. The van der Waals surface area contributed by atoms with Gasteiger partial charge in [0.05, 0.1) is 6.61 Å². The van der Waals surface area contributed by atoms with Crippen molar-refractivity contribution < 1.29 is 22.6 Å². The van der Waals surface area contributed by atoms with Gasteiger partial charge in [0.15, 0.2) is 11.5 Å². The zero-order chi connectivity index (χ0) is 13.2. The number of hydrogen-bond acceptors (Lipinski definition) is 2. The molecule has 1 saturated carbocycles. The SMILES string of the molecule is C=Cc1ccc(OCC2CC2)c(OC(F)(F)F)c1. The highest BCUT2D eigenvalue weighted by molar-refractivity contribution is 5.54. The molecule has 0 aromatic heterocycles. The zero-order valence-corrected chi connectivity index (χ0v) is 9.67. The fraction of sp³-hybridized carbons (Fsp3) is 0.385. The Kier molecular flexibility index (Phi) is 3.50. The Labute approximate surface area is 103 Å². The average molecular weight is 258 g/mol. The fourth-order valence-corrected chi connectivity index (χ4v) is 1.47. The lowest BCUT2D eigenvalue weighted by Gasteiger charge is -2.14. The first-order valence-electron chi connectivity index (χ1n) is 5.63. The minimum absolute atomic E-state index is 0.116. The molecule has 0 unspecified atom stereocenters. The van der Waals surface area contributed by atoms with Gasteiger partial charge in [-0.1, -0.05) is 18.7 Å². The van der Waals surface area contributed by atoms with Crippen LogP contribution in [-0.4, -0.2) is 13.0 Å². The van der Waals surface area contributed by atoms with Crippen LogP contribution < -0.4 is 9.47 Å². The largest absolute Gasteiger partial charge is 0.573 e. The van der Waals surface area contributed by atoms with E-state index in [0.717, 1.165) is 12.8 Å². The van der Waals surface area contributed by atoms with Gasteiger partial charge in [0.25, 0.3) is 0 Å². The van der Waals surface area contributed by atoms with Crippen LogP contribution in [0.25, 0.3) is 6.08 Å². The molecule has 1 fully saturated rings. The normalized spacial score (nSPS) is 15.3. The van der Waals surface area contributed by atoms with Crippen LogP contribution in [0.2, 0.25) is 0 Å². The summed E-state index contributed by atoms with van der Waals surface area (Å²) in [5, 5.41) is 0. The lowest BCUT2D eigenvalue weighted by atomic mass is 10.2. The van der Waals surface area contributed by atoms with Gasteiger partial charge in [-0.05, 0) is 36.5 Å². The standard InChI is InChI=1S/C13H13F3O2/c1-2-9-5-6-11(17-8-10-3-4-10)12(7-9)18-13(14,15)16/h2,5-7,10H,1,3-4,8H2. The summed E-state index contributed by atoms with van der Waals surface area (Å²) >= 11 is 0. The number of hydrogen-bond donors (Lipinski definition) is 0. The van der Waals surface area contributed by atoms with Crippen molar-refractivity contribution in [2.75, 3.05) is 6.61 Å². The topological polar surface area (TPSA) is 18.5 Å². The third kappa shape index (κ3) is 3.68. The molecule has 2 nitrogen and oxygen atoms in total. The molecular weight excluding hydrogens is 245 g/mol. The number of rotatable bonds is 5. The van der Waals surface area contributed by atoms with Gasteiger partial charge in [-0.2, -0.15) is 0 Å². The van der Waals surface area contributed by atoms with Gasteiger partial charge in [0, 0.05) is 0 Å². The molecule has 0 bridgehead atoms. The van der Waals surface area contributed by atoms with Crippen molar-refractivity contribution in [3.05, 3.63) is 30.3 Å². The molecule has 0 spiro atoms. The Balaban J connectivity index is 2.16. The van der Waals surface area contributed by atoms with E-state index < -0.39 is 6.36 Å². The van der Waals surface area contributed by atoms with Crippen molar-refractivity contribution >= 4 is 6.08 Å². The molecule has 1 aliphatic carbocycles. The molecule has 2 rings (SSSR count). The zero-order valence-electron chi connectivity index (χ0n) is 9.67. The van der Waals surface area contributed by atoms with Crippen molar-refractivity contribution in [3.63, 3.8) is 0 Å². The minimum Gasteiger partial charge on any atom is -0.489 e. The monoisotopic (exact) mass is 258 g/mol. The average Bonchev–Trinajstić information content (AvgIpc) is 3.09. The van der Waals surface area contributed by atoms with E-state index in [1.165, 1.54) is 18.2 Å². The second kappa shape index (κ2) is 4.92. The number of benzene rings is 1. The van der Waals surface area contributed by atoms with Crippen LogP contribution in [0.3, 0.4) is 0 Å². The predicted octanol–water partition coefficient (Wildman–Crippen LogP) is 4.02. The van der Waals surface area contributed by atoms with Crippen molar-refractivity contribution in [3.8, 4) is 11.5 Å². The molecule has 1 aromatic rings. The quantitative estimate of drug-likeness (QED) is 0.794. The molecule has 0 amide bonds. The maximum atomic E-state index is 12.3. The van der Waals surface area contributed by atoms with Crippen molar-refractivity contribution in [2.45, 2.75) is 19.2 Å². The predicted molar refractivity (Wildman–Crippen MR) is 61.4 cm³/mol. The summed E-state index contributed by atoms with van der Waals surface area (Å²) in [5.74, 6) is 0.258. The Morgan fingerprint density at radius 3 is 2.56 bits per heavy atom. The maximum Gasteiger partial charge on any atom is 0.573 e. The second-order valence-corrected chi connectivity index (χ2v) is 4.21. The van der Waals surface area contributed by atoms with Crippen LogP contribution in [0.1, 0.15) is 18.4 Å². The van der Waals surface area contributed by atoms with Crippen molar-refractivity contribution in [1.29, 1.82) is 0 Å². The highest BCUT2D eigenvalue weighted by Crippen LogP contribution is 2.36. The van der Waals surface area contributed by atoms with Crippen LogP contribution in [0.4, 0.5) is 13.2 Å². The molecule has 5 heteroatoms. The van der Waals surface area contributed by atoms with Gasteiger partial charge in [-0.15, -0.1) is 13.2 Å². The van der Waals surface area contributed by atoms with Crippen LogP contribution in [0.5, 0.6) is 11.5 Å². The summed E-state index contributed by atoms with van der Waals surface area (Å²) in [6.45, 7) is 3.94. The van der Waals surface area contributed by atoms with Gasteiger partial charge >= 0.3 is 6.36 Å². The van der Waals surface area contributed by atoms with Gasteiger partial charge in [-0.3, -0.25) is 0 Å². The van der Waals surface area contributed by atoms with Gasteiger partial charge in [-0.25, -0.2) is 0 Å². The first kappa shape index (κ1) is 12.8. The third-order valence-electron chi connectivity index (χ3n) is 2.60. The summed E-state index contributed by atoms with van der Waals surface area (Å²) in [6.07, 6.45) is -1.13. The molecule has 0 aliphatic heterocycles. The van der Waals surface area contributed by atoms with Gasteiger partial charge in [0.2, 0.25) is 0 Å². The first-order valence-corrected chi connectivity index (χ1v) is 5.63. The minimum atomic E-state index is -4.72.